The summed E-state index contributed by atoms with van der Waals surface area (Å²) in [5.74, 6) is 0. The maximum atomic E-state index is 0. The molecule has 0 aliphatic rings. The van der Waals surface area contributed by atoms with E-state index in [-0.39, 0.29) is 155 Å². The molecule has 0 bridgehead atoms. The second-order valence-electron chi connectivity index (χ2n) is 0. The summed E-state index contributed by atoms with van der Waals surface area (Å²) in [4.78, 5) is 0. The van der Waals surface area contributed by atoms with Crippen LogP contribution in [0.5, 0.6) is 0 Å². The van der Waals surface area contributed by atoms with E-state index in [1.54, 1.807) is 0 Å². The van der Waals surface area contributed by atoms with E-state index >= 15 is 0 Å². The van der Waals surface area contributed by atoms with E-state index in [1.807, 2.05) is 0 Å². The third kappa shape index (κ3) is 36.1. The van der Waals surface area contributed by atoms with Crippen LogP contribution in [0.2, 0.25) is 0 Å². The molecule has 0 aromatic carbocycles. The molecule has 0 amide bonds. The van der Waals surface area contributed by atoms with Crippen LogP contribution in [0.4, 0.5) is 0 Å². The quantitative estimate of drug-likeness (QED) is 0.430. The number of hydrogen-bond donors (Lipinski definition) is 0. The first-order valence-corrected chi connectivity index (χ1v) is 0. The van der Waals surface area contributed by atoms with Crippen LogP contribution >= 0.6 is 37.2 Å². The molecule has 0 heterocycles. The summed E-state index contributed by atoms with van der Waals surface area (Å²) in [5, 5.41) is 0. The fourth-order valence-electron chi connectivity index (χ4n) is 0. The van der Waals surface area contributed by atoms with E-state index in [4.69, 9.17) is 0 Å². The van der Waals surface area contributed by atoms with E-state index in [0.29, 0.717) is 0 Å². The zero-order chi connectivity index (χ0) is 0. The minimum atomic E-state index is 0. The van der Waals surface area contributed by atoms with Gasteiger partial charge in [-0.25, -0.2) is 0 Å². The van der Waals surface area contributed by atoms with Crippen LogP contribution in [0.1, 0.15) is 0 Å². The summed E-state index contributed by atoms with van der Waals surface area (Å²) in [7, 11) is 0. The van der Waals surface area contributed by atoms with Crippen LogP contribution in [-0.2, 0) is 0 Å². The van der Waals surface area contributed by atoms with Gasteiger partial charge in [-0.2, -0.15) is 0 Å². The normalized spacial score (nSPS) is 0. The van der Waals surface area contributed by atoms with Crippen molar-refractivity contribution in [2.24, 2.45) is 0 Å². The average Bonchev–Trinajstić information content (AvgIpc) is 0. The zero-order valence-electron chi connectivity index (χ0n) is 1.22. The molecule has 7 heavy (non-hydrogen) atoms. The number of rotatable bonds is 0. The number of hydrogen-bond acceptors (Lipinski definition) is 0. The molecule has 0 fully saturated rings. The Kier molecular flexibility index (Phi) is 377. The van der Waals surface area contributed by atoms with Crippen molar-refractivity contribution >= 4 is 155 Å². The molecule has 7 heteroatoms. The Labute approximate surface area is 151 Å². The van der Waals surface area contributed by atoms with Crippen molar-refractivity contribution in [2.75, 3.05) is 0 Å². The van der Waals surface area contributed by atoms with Gasteiger partial charge >= 0.3 is 118 Å². The summed E-state index contributed by atoms with van der Waals surface area (Å²) in [5.41, 5.74) is 0. The molecule has 0 saturated heterocycles. The molecular formula is H7Cl3Na4. The van der Waals surface area contributed by atoms with E-state index in [1.165, 1.54) is 0 Å². The Balaban J connectivity index is 0. The summed E-state index contributed by atoms with van der Waals surface area (Å²) >= 11 is 0. The molecule has 0 nitrogen and oxygen atoms in total. The van der Waals surface area contributed by atoms with Gasteiger partial charge in [0.15, 0.2) is 0 Å². The van der Waals surface area contributed by atoms with Gasteiger partial charge in [0.1, 0.15) is 0 Å². The SMILES string of the molecule is Cl.Cl.Cl.[NaH].[NaH].[NaH].[NaH]. The van der Waals surface area contributed by atoms with Crippen molar-refractivity contribution in [3.8, 4) is 0 Å². The average molecular weight is 205 g/mol. The molecule has 0 radical (unpaired) electrons. The van der Waals surface area contributed by atoms with Gasteiger partial charge in [-0.05, 0) is 0 Å². The van der Waals surface area contributed by atoms with Crippen molar-refractivity contribution < 1.29 is 0 Å². The second-order valence-corrected chi connectivity index (χ2v) is 0. The summed E-state index contributed by atoms with van der Waals surface area (Å²) in [6.07, 6.45) is 0. The Bertz CT molecular complexity index is 6.90. The first-order valence-electron chi connectivity index (χ1n) is 0. The molecule has 0 aliphatic carbocycles. The Morgan fingerprint density at radius 1 is 0.286 bits per heavy atom. The second kappa shape index (κ2) is 44.6. The predicted octanol–water partition coefficient (Wildman–Crippen LogP) is -1.33. The molecule has 0 rings (SSSR count). The van der Waals surface area contributed by atoms with Crippen molar-refractivity contribution in [1.29, 1.82) is 0 Å². The van der Waals surface area contributed by atoms with E-state index < -0.39 is 0 Å². The minimum absolute atomic E-state index is 0. The molecule has 0 N–H and O–H groups in total. The van der Waals surface area contributed by atoms with Crippen molar-refractivity contribution in [1.82, 2.24) is 0 Å². The monoisotopic (exact) mass is 204 g/mol. The van der Waals surface area contributed by atoms with Gasteiger partial charge in [-0.1, -0.05) is 0 Å². The summed E-state index contributed by atoms with van der Waals surface area (Å²) in [6, 6.07) is 0. The van der Waals surface area contributed by atoms with Gasteiger partial charge < -0.3 is 0 Å². The van der Waals surface area contributed by atoms with Crippen LogP contribution in [-0.4, -0.2) is 118 Å². The molecule has 0 saturated carbocycles. The van der Waals surface area contributed by atoms with Gasteiger partial charge in [-0.3, -0.25) is 0 Å². The standard InChI is InChI=1S/3ClH.4Na.4H/h3*1H;;;;;;;;. The molecule has 0 aromatic heterocycles. The molecule has 0 aromatic rings. The van der Waals surface area contributed by atoms with Gasteiger partial charge in [-0.15, -0.1) is 37.2 Å². The summed E-state index contributed by atoms with van der Waals surface area (Å²) < 4.78 is 0. The van der Waals surface area contributed by atoms with Gasteiger partial charge in [0.05, 0.1) is 0 Å². The zero-order valence-corrected chi connectivity index (χ0v) is 3.67. The Morgan fingerprint density at radius 3 is 0.286 bits per heavy atom. The summed E-state index contributed by atoms with van der Waals surface area (Å²) in [6.45, 7) is 0. The molecule has 0 atom stereocenters. The molecule has 0 spiro atoms. The van der Waals surface area contributed by atoms with Crippen LogP contribution in [0, 0.1) is 0 Å². The third-order valence-corrected chi connectivity index (χ3v) is 0. The van der Waals surface area contributed by atoms with Gasteiger partial charge in [0, 0.05) is 0 Å². The van der Waals surface area contributed by atoms with E-state index in [2.05, 4.69) is 0 Å². The Hall–Kier alpha value is 4.87. The number of halogens is 3. The fraction of sp³-hybridized carbons (Fsp3) is 0. The first-order chi connectivity index (χ1) is 0. The Morgan fingerprint density at radius 2 is 0.286 bits per heavy atom. The third-order valence-electron chi connectivity index (χ3n) is 0. The molecular weight excluding hydrogens is 198 g/mol. The van der Waals surface area contributed by atoms with E-state index in [9.17, 15) is 0 Å². The van der Waals surface area contributed by atoms with E-state index in [0.717, 1.165) is 0 Å². The van der Waals surface area contributed by atoms with Crippen molar-refractivity contribution in [2.45, 2.75) is 0 Å². The van der Waals surface area contributed by atoms with Crippen LogP contribution < -0.4 is 0 Å². The fourth-order valence-corrected chi connectivity index (χ4v) is 0. The molecule has 32 valence electrons. The van der Waals surface area contributed by atoms with Crippen molar-refractivity contribution in [3.63, 3.8) is 0 Å². The van der Waals surface area contributed by atoms with Crippen LogP contribution in [0.3, 0.4) is 0 Å². The molecule has 0 aliphatic heterocycles. The first kappa shape index (κ1) is 59.1. The van der Waals surface area contributed by atoms with Crippen LogP contribution in [0.25, 0.3) is 0 Å². The van der Waals surface area contributed by atoms with Crippen LogP contribution in [0.15, 0.2) is 0 Å². The predicted molar refractivity (Wildman–Crippen MR) is 50.3 cm³/mol. The van der Waals surface area contributed by atoms with Gasteiger partial charge in [0.2, 0.25) is 0 Å². The van der Waals surface area contributed by atoms with Gasteiger partial charge in [0.25, 0.3) is 0 Å². The maximum absolute atomic E-state index is 0. The topological polar surface area (TPSA) is 0 Å². The van der Waals surface area contributed by atoms with Crippen molar-refractivity contribution in [3.05, 3.63) is 0 Å². The molecule has 0 unspecified atom stereocenters.